The number of hydrogen-bond acceptors (Lipinski definition) is 1. The van der Waals surface area contributed by atoms with Crippen molar-refractivity contribution in [2.45, 2.75) is 24.6 Å². The van der Waals surface area contributed by atoms with E-state index in [2.05, 4.69) is 44.1 Å². The molecule has 1 amide bonds. The largest absolute Gasteiger partial charge is 0.351 e. The van der Waals surface area contributed by atoms with Gasteiger partial charge in [0.1, 0.15) is 5.82 Å². The van der Waals surface area contributed by atoms with E-state index in [9.17, 15) is 9.18 Å². The van der Waals surface area contributed by atoms with E-state index in [4.69, 9.17) is 0 Å². The van der Waals surface area contributed by atoms with Gasteiger partial charge in [-0.1, -0.05) is 29.3 Å². The Morgan fingerprint density at radius 2 is 2.24 bits per heavy atom. The molecule has 1 aromatic rings. The van der Waals surface area contributed by atoms with Gasteiger partial charge in [-0.05, 0) is 40.5 Å². The maximum atomic E-state index is 12.9. The molecule has 1 unspecified atom stereocenters. The van der Waals surface area contributed by atoms with Crippen molar-refractivity contribution in [3.05, 3.63) is 34.1 Å². The van der Waals surface area contributed by atoms with Gasteiger partial charge in [-0.15, -0.1) is 0 Å². The van der Waals surface area contributed by atoms with Crippen LogP contribution in [0.1, 0.15) is 30.1 Å². The summed E-state index contributed by atoms with van der Waals surface area (Å²) >= 11 is 6.66. The summed E-state index contributed by atoms with van der Waals surface area (Å²) in [7, 11) is 0. The SMILES string of the molecule is CCCC(Br)CNC(=O)c1ccc(F)cc1Br. The molecule has 0 fully saturated rings. The smallest absolute Gasteiger partial charge is 0.252 e. The molecular weight excluding hydrogens is 353 g/mol. The fourth-order valence-corrected chi connectivity index (χ4v) is 2.54. The summed E-state index contributed by atoms with van der Waals surface area (Å²) in [5, 5.41) is 2.81. The first-order chi connectivity index (χ1) is 8.04. The third-order valence-corrected chi connectivity index (χ3v) is 3.70. The zero-order valence-electron chi connectivity index (χ0n) is 9.47. The summed E-state index contributed by atoms with van der Waals surface area (Å²) in [6.07, 6.45) is 2.07. The van der Waals surface area contributed by atoms with Gasteiger partial charge in [-0.25, -0.2) is 4.39 Å². The Hall–Kier alpha value is -0.420. The lowest BCUT2D eigenvalue weighted by atomic mass is 10.2. The number of nitrogens with one attached hydrogen (secondary N) is 1. The predicted octanol–water partition coefficient (Wildman–Crippen LogP) is 3.88. The van der Waals surface area contributed by atoms with Crippen LogP contribution in [0.25, 0.3) is 0 Å². The quantitative estimate of drug-likeness (QED) is 0.787. The molecule has 17 heavy (non-hydrogen) atoms. The van der Waals surface area contributed by atoms with Crippen LogP contribution in [-0.4, -0.2) is 17.3 Å². The fraction of sp³-hybridized carbons (Fsp3) is 0.417. The zero-order chi connectivity index (χ0) is 12.8. The van der Waals surface area contributed by atoms with Crippen molar-refractivity contribution in [2.75, 3.05) is 6.54 Å². The van der Waals surface area contributed by atoms with E-state index in [1.54, 1.807) is 0 Å². The average Bonchev–Trinajstić information content (AvgIpc) is 2.26. The number of carbonyl (C=O) groups excluding carboxylic acids is 1. The maximum absolute atomic E-state index is 12.9. The summed E-state index contributed by atoms with van der Waals surface area (Å²) in [6.45, 7) is 2.66. The van der Waals surface area contributed by atoms with Crippen LogP contribution in [0.15, 0.2) is 22.7 Å². The minimum atomic E-state index is -0.363. The van der Waals surface area contributed by atoms with Crippen LogP contribution in [0.2, 0.25) is 0 Å². The number of benzene rings is 1. The van der Waals surface area contributed by atoms with Gasteiger partial charge in [0.2, 0.25) is 0 Å². The lowest BCUT2D eigenvalue weighted by molar-refractivity contribution is 0.0953. The first-order valence-corrected chi connectivity index (χ1v) is 7.12. The molecule has 0 heterocycles. The Kier molecular flexibility index (Phi) is 6.12. The van der Waals surface area contributed by atoms with Gasteiger partial charge < -0.3 is 5.32 Å². The van der Waals surface area contributed by atoms with Crippen LogP contribution in [0, 0.1) is 5.82 Å². The molecule has 0 aromatic heterocycles. The molecule has 0 aliphatic carbocycles. The van der Waals surface area contributed by atoms with Crippen molar-refractivity contribution in [3.63, 3.8) is 0 Å². The molecule has 5 heteroatoms. The number of amides is 1. The molecule has 1 rings (SSSR count). The third-order valence-electron chi connectivity index (χ3n) is 2.26. The third kappa shape index (κ3) is 4.76. The second kappa shape index (κ2) is 7.11. The van der Waals surface area contributed by atoms with E-state index in [1.165, 1.54) is 18.2 Å². The van der Waals surface area contributed by atoms with Gasteiger partial charge in [0.15, 0.2) is 0 Å². The lowest BCUT2D eigenvalue weighted by Gasteiger charge is -2.10. The number of rotatable bonds is 5. The number of carbonyl (C=O) groups is 1. The molecule has 94 valence electrons. The maximum Gasteiger partial charge on any atom is 0.252 e. The van der Waals surface area contributed by atoms with Crippen LogP contribution in [0.3, 0.4) is 0 Å². The highest BCUT2D eigenvalue weighted by molar-refractivity contribution is 9.10. The second-order valence-electron chi connectivity index (χ2n) is 3.72. The summed E-state index contributed by atoms with van der Waals surface area (Å²) < 4.78 is 13.3. The standard InChI is InChI=1S/C12H14Br2FNO/c1-2-3-8(13)7-16-12(17)10-5-4-9(15)6-11(10)14/h4-6,8H,2-3,7H2,1H3,(H,16,17). The Morgan fingerprint density at radius 3 is 2.82 bits per heavy atom. The molecule has 0 radical (unpaired) electrons. The van der Waals surface area contributed by atoms with Crippen LogP contribution in [0.5, 0.6) is 0 Å². The van der Waals surface area contributed by atoms with E-state index >= 15 is 0 Å². The van der Waals surface area contributed by atoms with E-state index in [-0.39, 0.29) is 16.6 Å². The topological polar surface area (TPSA) is 29.1 Å². The van der Waals surface area contributed by atoms with Gasteiger partial charge in [0.25, 0.3) is 5.91 Å². The van der Waals surface area contributed by atoms with Crippen molar-refractivity contribution in [3.8, 4) is 0 Å². The van der Waals surface area contributed by atoms with Crippen molar-refractivity contribution < 1.29 is 9.18 Å². The van der Waals surface area contributed by atoms with Crippen LogP contribution < -0.4 is 5.32 Å². The number of alkyl halides is 1. The van der Waals surface area contributed by atoms with Crippen LogP contribution >= 0.6 is 31.9 Å². The van der Waals surface area contributed by atoms with Gasteiger partial charge >= 0.3 is 0 Å². The average molecular weight is 367 g/mol. The Bertz CT molecular complexity index is 398. The van der Waals surface area contributed by atoms with Crippen LogP contribution in [0.4, 0.5) is 4.39 Å². The molecule has 1 atom stereocenters. The van der Waals surface area contributed by atoms with Crippen molar-refractivity contribution in [1.29, 1.82) is 0 Å². The monoisotopic (exact) mass is 365 g/mol. The van der Waals surface area contributed by atoms with E-state index < -0.39 is 0 Å². The summed E-state index contributed by atoms with van der Waals surface area (Å²) in [6, 6.07) is 4.03. The summed E-state index contributed by atoms with van der Waals surface area (Å²) in [4.78, 5) is 12.1. The normalized spacial score (nSPS) is 12.2. The van der Waals surface area contributed by atoms with Gasteiger partial charge in [0.05, 0.1) is 5.56 Å². The lowest BCUT2D eigenvalue weighted by Crippen LogP contribution is -2.29. The molecule has 1 aromatic carbocycles. The number of hydrogen-bond donors (Lipinski definition) is 1. The van der Waals surface area contributed by atoms with Gasteiger partial charge in [0, 0.05) is 15.8 Å². The Balaban J connectivity index is 2.58. The molecule has 0 spiro atoms. The molecule has 1 N–H and O–H groups in total. The molecule has 0 saturated heterocycles. The molecule has 2 nitrogen and oxygen atoms in total. The fourth-order valence-electron chi connectivity index (χ4n) is 1.39. The Labute approximate surface area is 117 Å². The first-order valence-electron chi connectivity index (χ1n) is 5.42. The van der Waals surface area contributed by atoms with E-state index in [1.807, 2.05) is 0 Å². The van der Waals surface area contributed by atoms with Crippen molar-refractivity contribution >= 4 is 37.8 Å². The van der Waals surface area contributed by atoms with Crippen LogP contribution in [-0.2, 0) is 0 Å². The van der Waals surface area contributed by atoms with Crippen molar-refractivity contribution in [1.82, 2.24) is 5.32 Å². The second-order valence-corrected chi connectivity index (χ2v) is 5.87. The number of halogens is 3. The highest BCUT2D eigenvalue weighted by atomic mass is 79.9. The molecule has 0 saturated carbocycles. The highest BCUT2D eigenvalue weighted by Gasteiger charge is 2.11. The molecule has 0 aliphatic rings. The highest BCUT2D eigenvalue weighted by Crippen LogP contribution is 2.18. The summed E-state index contributed by atoms with van der Waals surface area (Å²) in [5.41, 5.74) is 0.447. The minimum Gasteiger partial charge on any atom is -0.351 e. The molecule has 0 bridgehead atoms. The zero-order valence-corrected chi connectivity index (χ0v) is 12.6. The molecule has 0 aliphatic heterocycles. The predicted molar refractivity (Wildman–Crippen MR) is 74.1 cm³/mol. The van der Waals surface area contributed by atoms with Gasteiger partial charge in [-0.2, -0.15) is 0 Å². The first kappa shape index (κ1) is 14.6. The minimum absolute atomic E-state index is 0.197. The van der Waals surface area contributed by atoms with Crippen molar-refractivity contribution in [2.24, 2.45) is 0 Å². The van der Waals surface area contributed by atoms with Gasteiger partial charge in [-0.3, -0.25) is 4.79 Å². The summed E-state index contributed by atoms with van der Waals surface area (Å²) in [5.74, 6) is -0.560. The van der Waals surface area contributed by atoms with E-state index in [0.29, 0.717) is 16.6 Å². The Morgan fingerprint density at radius 1 is 1.53 bits per heavy atom. The molecular formula is C12H14Br2FNO. The van der Waals surface area contributed by atoms with E-state index in [0.717, 1.165) is 12.8 Å².